The highest BCUT2D eigenvalue weighted by molar-refractivity contribution is 6.03. The summed E-state index contributed by atoms with van der Waals surface area (Å²) in [4.78, 5) is 36.9. The van der Waals surface area contributed by atoms with Crippen molar-refractivity contribution in [1.29, 1.82) is 0 Å². The first-order valence-corrected chi connectivity index (χ1v) is 10.1. The SMILES string of the molecule is CCCCOC(=O)C1=C(C)NC2=C(C(=O)CCC2)[C@@H]1c1ccc(OC(C)=O)cc1. The molecule has 6 heteroatoms. The van der Waals surface area contributed by atoms with Crippen molar-refractivity contribution in [1.82, 2.24) is 5.32 Å². The Balaban J connectivity index is 2.01. The van der Waals surface area contributed by atoms with E-state index in [0.717, 1.165) is 36.9 Å². The second kappa shape index (κ2) is 9.07. The quantitative estimate of drug-likeness (QED) is 0.445. The van der Waals surface area contributed by atoms with Gasteiger partial charge in [-0.15, -0.1) is 0 Å². The van der Waals surface area contributed by atoms with E-state index >= 15 is 0 Å². The maximum atomic E-state index is 12.9. The molecule has 0 spiro atoms. The van der Waals surface area contributed by atoms with Crippen molar-refractivity contribution in [2.24, 2.45) is 0 Å². The highest BCUT2D eigenvalue weighted by atomic mass is 16.5. The lowest BCUT2D eigenvalue weighted by Gasteiger charge is -2.34. The number of hydrogen-bond acceptors (Lipinski definition) is 6. The Kier molecular flexibility index (Phi) is 6.52. The smallest absolute Gasteiger partial charge is 0.336 e. The molecular weight excluding hydrogens is 370 g/mol. The Bertz CT molecular complexity index is 879. The molecule has 3 rings (SSSR count). The molecular formula is C23H27NO5. The molecule has 154 valence electrons. The second-order valence-electron chi connectivity index (χ2n) is 7.42. The summed E-state index contributed by atoms with van der Waals surface area (Å²) in [5, 5.41) is 3.28. The van der Waals surface area contributed by atoms with Crippen molar-refractivity contribution >= 4 is 17.7 Å². The molecule has 1 atom stereocenters. The van der Waals surface area contributed by atoms with E-state index in [4.69, 9.17) is 9.47 Å². The van der Waals surface area contributed by atoms with Crippen LogP contribution >= 0.6 is 0 Å². The number of Topliss-reactive ketones (excluding diaryl/α,β-unsaturated/α-hetero) is 1. The van der Waals surface area contributed by atoms with Gasteiger partial charge in [0.2, 0.25) is 0 Å². The van der Waals surface area contributed by atoms with Crippen LogP contribution in [0.1, 0.15) is 64.4 Å². The number of nitrogens with one attached hydrogen (secondary N) is 1. The van der Waals surface area contributed by atoms with E-state index in [0.29, 0.717) is 35.6 Å². The molecule has 0 radical (unpaired) electrons. The summed E-state index contributed by atoms with van der Waals surface area (Å²) in [6.45, 7) is 5.57. The molecule has 0 unspecified atom stereocenters. The molecule has 0 saturated carbocycles. The van der Waals surface area contributed by atoms with Gasteiger partial charge in [-0.3, -0.25) is 9.59 Å². The summed E-state index contributed by atoms with van der Waals surface area (Å²) in [7, 11) is 0. The van der Waals surface area contributed by atoms with Crippen LogP contribution in [0.2, 0.25) is 0 Å². The number of esters is 2. The molecule has 1 heterocycles. The normalized spacial score (nSPS) is 18.9. The Morgan fingerprint density at radius 3 is 2.55 bits per heavy atom. The lowest BCUT2D eigenvalue weighted by atomic mass is 9.75. The Morgan fingerprint density at radius 1 is 1.17 bits per heavy atom. The van der Waals surface area contributed by atoms with Gasteiger partial charge in [0.25, 0.3) is 0 Å². The third-order valence-corrected chi connectivity index (χ3v) is 5.20. The van der Waals surface area contributed by atoms with Crippen LogP contribution in [0, 0.1) is 0 Å². The van der Waals surface area contributed by atoms with Crippen LogP contribution in [-0.4, -0.2) is 24.3 Å². The molecule has 0 fully saturated rings. The standard InChI is InChI=1S/C23H27NO5/c1-4-5-13-28-23(27)20-14(2)24-18-7-6-8-19(26)22(18)21(20)16-9-11-17(12-10-16)29-15(3)25/h9-12,21,24H,4-8,13H2,1-3H3/t21-/m1/s1. The van der Waals surface area contributed by atoms with Gasteiger partial charge in [0.1, 0.15) is 5.75 Å². The molecule has 0 bridgehead atoms. The fourth-order valence-corrected chi connectivity index (χ4v) is 3.87. The van der Waals surface area contributed by atoms with Crippen molar-refractivity contribution in [3.8, 4) is 5.75 Å². The number of ketones is 1. The highest BCUT2D eigenvalue weighted by Gasteiger charge is 2.39. The average Bonchev–Trinajstić information content (AvgIpc) is 2.67. The molecule has 0 saturated heterocycles. The van der Waals surface area contributed by atoms with Crippen molar-refractivity contribution in [2.75, 3.05) is 6.61 Å². The fourth-order valence-electron chi connectivity index (χ4n) is 3.87. The maximum Gasteiger partial charge on any atom is 0.336 e. The molecule has 1 aliphatic carbocycles. The predicted octanol–water partition coefficient (Wildman–Crippen LogP) is 3.92. The van der Waals surface area contributed by atoms with Crippen LogP contribution in [0.4, 0.5) is 0 Å². The van der Waals surface area contributed by atoms with E-state index in [9.17, 15) is 14.4 Å². The van der Waals surface area contributed by atoms with Gasteiger partial charge in [0.05, 0.1) is 12.2 Å². The number of allylic oxidation sites excluding steroid dienone is 3. The molecule has 6 nitrogen and oxygen atoms in total. The number of carbonyl (C=O) groups excluding carboxylic acids is 3. The minimum absolute atomic E-state index is 0.0548. The summed E-state index contributed by atoms with van der Waals surface area (Å²) < 4.78 is 10.6. The van der Waals surface area contributed by atoms with E-state index < -0.39 is 17.9 Å². The van der Waals surface area contributed by atoms with Gasteiger partial charge in [-0.25, -0.2) is 4.79 Å². The van der Waals surface area contributed by atoms with Crippen LogP contribution in [0.5, 0.6) is 5.75 Å². The Morgan fingerprint density at radius 2 is 1.90 bits per heavy atom. The first-order chi connectivity index (χ1) is 13.9. The van der Waals surface area contributed by atoms with Gasteiger partial charge in [0, 0.05) is 36.2 Å². The predicted molar refractivity (Wildman–Crippen MR) is 108 cm³/mol. The maximum absolute atomic E-state index is 12.9. The zero-order chi connectivity index (χ0) is 21.0. The summed E-state index contributed by atoms with van der Waals surface area (Å²) in [5.41, 5.74) is 3.51. The van der Waals surface area contributed by atoms with Gasteiger partial charge < -0.3 is 14.8 Å². The summed E-state index contributed by atoms with van der Waals surface area (Å²) in [6, 6.07) is 6.96. The fraction of sp³-hybridized carbons (Fsp3) is 0.435. The molecule has 0 amide bonds. The zero-order valence-corrected chi connectivity index (χ0v) is 17.2. The third kappa shape index (κ3) is 4.58. The summed E-state index contributed by atoms with van der Waals surface area (Å²) in [5.74, 6) is -0.809. The first kappa shape index (κ1) is 20.8. The van der Waals surface area contributed by atoms with E-state index in [2.05, 4.69) is 5.32 Å². The number of unbranched alkanes of at least 4 members (excludes halogenated alkanes) is 1. The first-order valence-electron chi connectivity index (χ1n) is 10.1. The van der Waals surface area contributed by atoms with E-state index in [-0.39, 0.29) is 5.78 Å². The number of rotatable bonds is 6. The van der Waals surface area contributed by atoms with Crippen LogP contribution in [0.15, 0.2) is 46.8 Å². The van der Waals surface area contributed by atoms with Crippen molar-refractivity contribution < 1.29 is 23.9 Å². The second-order valence-corrected chi connectivity index (χ2v) is 7.42. The zero-order valence-electron chi connectivity index (χ0n) is 17.2. The van der Waals surface area contributed by atoms with Crippen LogP contribution < -0.4 is 10.1 Å². The Hall–Kier alpha value is -2.89. The van der Waals surface area contributed by atoms with Gasteiger partial charge in [-0.05, 0) is 43.9 Å². The van der Waals surface area contributed by atoms with Crippen molar-refractivity contribution in [2.45, 2.75) is 58.8 Å². The third-order valence-electron chi connectivity index (χ3n) is 5.20. The largest absolute Gasteiger partial charge is 0.462 e. The van der Waals surface area contributed by atoms with Crippen LogP contribution in [0.25, 0.3) is 0 Å². The minimum atomic E-state index is -0.487. The molecule has 0 aromatic heterocycles. The van der Waals surface area contributed by atoms with Crippen molar-refractivity contribution in [3.05, 3.63) is 52.4 Å². The van der Waals surface area contributed by atoms with Gasteiger partial charge in [-0.1, -0.05) is 25.5 Å². The molecule has 29 heavy (non-hydrogen) atoms. The summed E-state index contributed by atoms with van der Waals surface area (Å²) in [6.07, 6.45) is 3.77. The molecule has 1 aromatic carbocycles. The Labute approximate surface area is 171 Å². The monoisotopic (exact) mass is 397 g/mol. The van der Waals surface area contributed by atoms with Crippen LogP contribution in [0.3, 0.4) is 0 Å². The van der Waals surface area contributed by atoms with E-state index in [1.54, 1.807) is 24.3 Å². The van der Waals surface area contributed by atoms with Gasteiger partial charge in [0.15, 0.2) is 5.78 Å². The summed E-state index contributed by atoms with van der Waals surface area (Å²) >= 11 is 0. The highest BCUT2D eigenvalue weighted by Crippen LogP contribution is 2.42. The minimum Gasteiger partial charge on any atom is -0.462 e. The topological polar surface area (TPSA) is 81.7 Å². The van der Waals surface area contributed by atoms with Gasteiger partial charge in [-0.2, -0.15) is 0 Å². The number of ether oxygens (including phenoxy) is 2. The van der Waals surface area contributed by atoms with Crippen LogP contribution in [-0.2, 0) is 19.1 Å². The van der Waals surface area contributed by atoms with E-state index in [1.807, 2.05) is 13.8 Å². The lowest BCUT2D eigenvalue weighted by molar-refractivity contribution is -0.139. The average molecular weight is 397 g/mol. The molecule has 1 N–H and O–H groups in total. The van der Waals surface area contributed by atoms with E-state index in [1.165, 1.54) is 6.92 Å². The van der Waals surface area contributed by atoms with Crippen molar-refractivity contribution in [3.63, 3.8) is 0 Å². The number of dihydropyridines is 1. The molecule has 1 aromatic rings. The number of hydrogen-bond donors (Lipinski definition) is 1. The molecule has 2 aliphatic rings. The number of benzene rings is 1. The molecule has 1 aliphatic heterocycles. The number of carbonyl (C=O) groups is 3. The lowest BCUT2D eigenvalue weighted by Crippen LogP contribution is -2.34. The van der Waals surface area contributed by atoms with Gasteiger partial charge >= 0.3 is 11.9 Å².